The highest BCUT2D eigenvalue weighted by atomic mass is 16.5. The SMILES string of the molecule is CNC1(CO)CCC(N(C)CCOC)C1. The topological polar surface area (TPSA) is 44.7 Å². The second-order valence-corrected chi connectivity index (χ2v) is 4.56. The Morgan fingerprint density at radius 1 is 1.60 bits per heavy atom. The first kappa shape index (κ1) is 12.9. The third-order valence-electron chi connectivity index (χ3n) is 3.69. The van der Waals surface area contributed by atoms with E-state index in [0.29, 0.717) is 6.04 Å². The average Bonchev–Trinajstić information content (AvgIpc) is 2.71. The van der Waals surface area contributed by atoms with Crippen molar-refractivity contribution in [2.24, 2.45) is 0 Å². The smallest absolute Gasteiger partial charge is 0.0613 e. The standard InChI is InChI=1S/C11H24N2O2/c1-12-11(9-14)5-4-10(8-11)13(2)6-7-15-3/h10,12,14H,4-9H2,1-3H3. The van der Waals surface area contributed by atoms with E-state index in [0.717, 1.165) is 32.4 Å². The van der Waals surface area contributed by atoms with Gasteiger partial charge in [0, 0.05) is 25.2 Å². The van der Waals surface area contributed by atoms with Gasteiger partial charge in [-0.15, -0.1) is 0 Å². The van der Waals surface area contributed by atoms with Crippen LogP contribution in [-0.2, 0) is 4.74 Å². The Morgan fingerprint density at radius 3 is 2.80 bits per heavy atom. The lowest BCUT2D eigenvalue weighted by molar-refractivity contribution is 0.127. The maximum atomic E-state index is 9.39. The minimum absolute atomic E-state index is 0.0496. The van der Waals surface area contributed by atoms with Crippen molar-refractivity contribution in [2.45, 2.75) is 30.8 Å². The second kappa shape index (κ2) is 5.80. The molecule has 0 aromatic rings. The summed E-state index contributed by atoms with van der Waals surface area (Å²) in [5.74, 6) is 0. The van der Waals surface area contributed by atoms with Crippen LogP contribution in [-0.4, -0.2) is 62.6 Å². The molecule has 90 valence electrons. The van der Waals surface area contributed by atoms with Crippen molar-refractivity contribution >= 4 is 0 Å². The number of likely N-dealkylation sites (N-methyl/N-ethyl adjacent to an activating group) is 2. The molecule has 0 aromatic carbocycles. The summed E-state index contributed by atoms with van der Waals surface area (Å²) in [5.41, 5.74) is -0.0496. The molecular weight excluding hydrogens is 192 g/mol. The van der Waals surface area contributed by atoms with Crippen LogP contribution < -0.4 is 5.32 Å². The normalized spacial score (nSPS) is 31.4. The highest BCUT2D eigenvalue weighted by molar-refractivity contribution is 4.98. The summed E-state index contributed by atoms with van der Waals surface area (Å²) >= 11 is 0. The van der Waals surface area contributed by atoms with Crippen molar-refractivity contribution in [1.82, 2.24) is 10.2 Å². The molecule has 1 rings (SSSR count). The molecule has 15 heavy (non-hydrogen) atoms. The van der Waals surface area contributed by atoms with Gasteiger partial charge in [-0.1, -0.05) is 0 Å². The van der Waals surface area contributed by atoms with Gasteiger partial charge in [0.15, 0.2) is 0 Å². The Kier molecular flexibility index (Phi) is 4.99. The quantitative estimate of drug-likeness (QED) is 0.659. The Balaban J connectivity index is 2.40. The van der Waals surface area contributed by atoms with Crippen molar-refractivity contribution in [3.8, 4) is 0 Å². The summed E-state index contributed by atoms with van der Waals surface area (Å²) in [7, 11) is 5.80. The largest absolute Gasteiger partial charge is 0.394 e. The van der Waals surface area contributed by atoms with Crippen LogP contribution in [0.25, 0.3) is 0 Å². The Hall–Kier alpha value is -0.160. The van der Waals surface area contributed by atoms with Crippen molar-refractivity contribution < 1.29 is 9.84 Å². The zero-order chi connectivity index (χ0) is 11.3. The lowest BCUT2D eigenvalue weighted by atomic mass is 9.99. The van der Waals surface area contributed by atoms with Crippen LogP contribution in [0.3, 0.4) is 0 Å². The van der Waals surface area contributed by atoms with Crippen LogP contribution in [0.2, 0.25) is 0 Å². The molecule has 0 saturated heterocycles. The van der Waals surface area contributed by atoms with Crippen LogP contribution in [0.15, 0.2) is 0 Å². The van der Waals surface area contributed by atoms with Crippen LogP contribution in [0.1, 0.15) is 19.3 Å². The van der Waals surface area contributed by atoms with Crippen LogP contribution in [0.4, 0.5) is 0 Å². The summed E-state index contributed by atoms with van der Waals surface area (Å²) in [6.45, 7) is 1.98. The van der Waals surface area contributed by atoms with Crippen LogP contribution >= 0.6 is 0 Å². The molecule has 0 amide bonds. The molecule has 1 aliphatic carbocycles. The first-order valence-electron chi connectivity index (χ1n) is 5.66. The molecule has 2 N–H and O–H groups in total. The number of hydrogen-bond acceptors (Lipinski definition) is 4. The lowest BCUT2D eigenvalue weighted by Crippen LogP contribution is -2.45. The summed E-state index contributed by atoms with van der Waals surface area (Å²) in [4.78, 5) is 2.33. The summed E-state index contributed by atoms with van der Waals surface area (Å²) in [6.07, 6.45) is 3.24. The van der Waals surface area contributed by atoms with Gasteiger partial charge in [0.25, 0.3) is 0 Å². The molecule has 0 bridgehead atoms. The zero-order valence-corrected chi connectivity index (χ0v) is 10.1. The van der Waals surface area contributed by atoms with Gasteiger partial charge in [0.05, 0.1) is 13.2 Å². The molecule has 1 fully saturated rings. The molecule has 0 radical (unpaired) electrons. The van der Waals surface area contributed by atoms with E-state index in [1.54, 1.807) is 7.11 Å². The van der Waals surface area contributed by atoms with Gasteiger partial charge in [-0.2, -0.15) is 0 Å². The lowest BCUT2D eigenvalue weighted by Gasteiger charge is -2.29. The van der Waals surface area contributed by atoms with Crippen molar-refractivity contribution in [1.29, 1.82) is 0 Å². The van der Waals surface area contributed by atoms with Gasteiger partial charge in [-0.3, -0.25) is 0 Å². The third-order valence-corrected chi connectivity index (χ3v) is 3.69. The van der Waals surface area contributed by atoms with E-state index in [4.69, 9.17) is 4.74 Å². The summed E-state index contributed by atoms with van der Waals surface area (Å²) in [6, 6.07) is 0.569. The Bertz CT molecular complexity index is 183. The Morgan fingerprint density at radius 2 is 2.33 bits per heavy atom. The van der Waals surface area contributed by atoms with E-state index in [9.17, 15) is 5.11 Å². The number of ether oxygens (including phenoxy) is 1. The third kappa shape index (κ3) is 3.14. The van der Waals surface area contributed by atoms with Crippen molar-refractivity contribution in [3.63, 3.8) is 0 Å². The molecule has 0 aromatic heterocycles. The van der Waals surface area contributed by atoms with Crippen LogP contribution in [0, 0.1) is 0 Å². The number of nitrogens with one attached hydrogen (secondary N) is 1. The van der Waals surface area contributed by atoms with Gasteiger partial charge in [0.1, 0.15) is 0 Å². The van der Waals surface area contributed by atoms with Gasteiger partial charge in [0.2, 0.25) is 0 Å². The minimum atomic E-state index is -0.0496. The maximum Gasteiger partial charge on any atom is 0.0613 e. The highest BCUT2D eigenvalue weighted by Crippen LogP contribution is 2.31. The zero-order valence-electron chi connectivity index (χ0n) is 10.1. The fraction of sp³-hybridized carbons (Fsp3) is 1.00. The molecule has 0 aliphatic heterocycles. The predicted molar refractivity (Wildman–Crippen MR) is 61.0 cm³/mol. The van der Waals surface area contributed by atoms with Gasteiger partial charge >= 0.3 is 0 Å². The number of hydrogen-bond donors (Lipinski definition) is 2. The average molecular weight is 216 g/mol. The monoisotopic (exact) mass is 216 g/mol. The van der Waals surface area contributed by atoms with Crippen molar-refractivity contribution in [3.05, 3.63) is 0 Å². The molecule has 1 saturated carbocycles. The van der Waals surface area contributed by atoms with E-state index in [1.165, 1.54) is 0 Å². The minimum Gasteiger partial charge on any atom is -0.394 e. The number of nitrogens with zero attached hydrogens (tertiary/aromatic N) is 1. The van der Waals surface area contributed by atoms with E-state index < -0.39 is 0 Å². The summed E-state index contributed by atoms with van der Waals surface area (Å²) in [5, 5.41) is 12.6. The molecular formula is C11H24N2O2. The fourth-order valence-electron chi connectivity index (χ4n) is 2.34. The fourth-order valence-corrected chi connectivity index (χ4v) is 2.34. The Labute approximate surface area is 92.6 Å². The summed E-state index contributed by atoms with van der Waals surface area (Å²) < 4.78 is 5.07. The van der Waals surface area contributed by atoms with Crippen LogP contribution in [0.5, 0.6) is 0 Å². The first-order valence-corrected chi connectivity index (χ1v) is 5.66. The van der Waals surface area contributed by atoms with Crippen molar-refractivity contribution in [2.75, 3.05) is 41.0 Å². The molecule has 4 heteroatoms. The second-order valence-electron chi connectivity index (χ2n) is 4.56. The van der Waals surface area contributed by atoms with E-state index >= 15 is 0 Å². The molecule has 0 spiro atoms. The maximum absolute atomic E-state index is 9.39. The highest BCUT2D eigenvalue weighted by Gasteiger charge is 2.38. The number of methoxy groups -OCH3 is 1. The molecule has 0 heterocycles. The van der Waals surface area contributed by atoms with E-state index in [1.807, 2.05) is 7.05 Å². The molecule has 1 aliphatic rings. The molecule has 4 nitrogen and oxygen atoms in total. The first-order chi connectivity index (χ1) is 7.17. The molecule has 2 atom stereocenters. The van der Waals surface area contributed by atoms with Gasteiger partial charge < -0.3 is 20.1 Å². The number of aliphatic hydroxyl groups excluding tert-OH is 1. The van der Waals surface area contributed by atoms with E-state index in [-0.39, 0.29) is 12.1 Å². The number of rotatable bonds is 6. The van der Waals surface area contributed by atoms with Gasteiger partial charge in [-0.05, 0) is 33.4 Å². The van der Waals surface area contributed by atoms with Gasteiger partial charge in [-0.25, -0.2) is 0 Å². The predicted octanol–water partition coefficient (Wildman–Crippen LogP) is 0.0676. The van der Waals surface area contributed by atoms with E-state index in [2.05, 4.69) is 17.3 Å². The molecule has 2 unspecified atom stereocenters. The number of aliphatic hydroxyl groups is 1.